The van der Waals surface area contributed by atoms with Gasteiger partial charge in [-0.3, -0.25) is 0 Å². The highest BCUT2D eigenvalue weighted by Gasteiger charge is 2.18. The Balaban J connectivity index is 2.54. The number of benzene rings is 1. The van der Waals surface area contributed by atoms with Gasteiger partial charge in [0.2, 0.25) is 6.79 Å². The predicted octanol–water partition coefficient (Wildman–Crippen LogP) is 2.91. The number of hydrogen-bond acceptors (Lipinski definition) is 2. The predicted molar refractivity (Wildman–Crippen MR) is 57.9 cm³/mol. The van der Waals surface area contributed by atoms with E-state index < -0.39 is 0 Å². The average molecular weight is 341 g/mol. The Morgan fingerprint density at radius 1 is 1.42 bits per heavy atom. The van der Waals surface area contributed by atoms with E-state index in [0.29, 0.717) is 6.79 Å². The maximum Gasteiger partial charge on any atom is 0.231 e. The van der Waals surface area contributed by atoms with E-state index in [1.54, 1.807) is 0 Å². The van der Waals surface area contributed by atoms with Crippen molar-refractivity contribution in [3.05, 3.63) is 21.3 Å². The highest BCUT2D eigenvalue weighted by atomic mass is 127. The Morgan fingerprint density at radius 3 is 3.00 bits per heavy atom. The summed E-state index contributed by atoms with van der Waals surface area (Å²) < 4.78 is 11.7. The molecule has 0 saturated carbocycles. The first kappa shape index (κ1) is 8.62. The van der Waals surface area contributed by atoms with Crippen molar-refractivity contribution in [2.45, 2.75) is 5.33 Å². The van der Waals surface area contributed by atoms with Crippen LogP contribution in [0.1, 0.15) is 5.56 Å². The standard InChI is InChI=1S/C8H6BrIO2/c9-3-5-1-2-6-8(7(5)10)12-4-11-6/h1-2H,3-4H2. The molecule has 1 heterocycles. The highest BCUT2D eigenvalue weighted by Crippen LogP contribution is 2.38. The number of halogens is 2. The first-order valence-corrected chi connectivity index (χ1v) is 5.66. The summed E-state index contributed by atoms with van der Waals surface area (Å²) in [4.78, 5) is 0. The Hall–Kier alpha value is 0.0300. The van der Waals surface area contributed by atoms with E-state index in [4.69, 9.17) is 9.47 Å². The van der Waals surface area contributed by atoms with Crippen LogP contribution in [0.25, 0.3) is 0 Å². The highest BCUT2D eigenvalue weighted by molar-refractivity contribution is 14.1. The Labute approximate surface area is 92.5 Å². The molecule has 1 aromatic carbocycles. The van der Waals surface area contributed by atoms with Crippen LogP contribution in [0.5, 0.6) is 11.5 Å². The summed E-state index contributed by atoms with van der Waals surface area (Å²) >= 11 is 5.69. The van der Waals surface area contributed by atoms with Crippen LogP contribution in [0.4, 0.5) is 0 Å². The lowest BCUT2D eigenvalue weighted by molar-refractivity contribution is 0.173. The number of hydrogen-bond donors (Lipinski definition) is 0. The molecule has 0 atom stereocenters. The van der Waals surface area contributed by atoms with E-state index in [1.165, 1.54) is 5.56 Å². The van der Waals surface area contributed by atoms with Crippen molar-refractivity contribution in [2.24, 2.45) is 0 Å². The van der Waals surface area contributed by atoms with E-state index in [1.807, 2.05) is 12.1 Å². The van der Waals surface area contributed by atoms with Gasteiger partial charge in [0.25, 0.3) is 0 Å². The zero-order chi connectivity index (χ0) is 8.55. The maximum atomic E-state index is 5.32. The van der Waals surface area contributed by atoms with Gasteiger partial charge < -0.3 is 9.47 Å². The van der Waals surface area contributed by atoms with Crippen LogP contribution in [-0.2, 0) is 5.33 Å². The van der Waals surface area contributed by atoms with Crippen molar-refractivity contribution in [2.75, 3.05) is 6.79 Å². The van der Waals surface area contributed by atoms with Gasteiger partial charge in [0.15, 0.2) is 11.5 Å². The maximum absolute atomic E-state index is 5.32. The molecule has 2 nitrogen and oxygen atoms in total. The Morgan fingerprint density at radius 2 is 2.25 bits per heavy atom. The van der Waals surface area contributed by atoms with Crippen molar-refractivity contribution < 1.29 is 9.47 Å². The van der Waals surface area contributed by atoms with Gasteiger partial charge in [-0.15, -0.1) is 0 Å². The lowest BCUT2D eigenvalue weighted by Gasteiger charge is -2.03. The van der Waals surface area contributed by atoms with Crippen molar-refractivity contribution in [1.29, 1.82) is 0 Å². The molecule has 0 saturated heterocycles. The van der Waals surface area contributed by atoms with Crippen LogP contribution in [0.2, 0.25) is 0 Å². The number of fused-ring (bicyclic) bond motifs is 1. The van der Waals surface area contributed by atoms with Gasteiger partial charge >= 0.3 is 0 Å². The van der Waals surface area contributed by atoms with Crippen LogP contribution in [-0.4, -0.2) is 6.79 Å². The van der Waals surface area contributed by atoms with E-state index >= 15 is 0 Å². The van der Waals surface area contributed by atoms with Crippen LogP contribution < -0.4 is 9.47 Å². The minimum atomic E-state index is 0.344. The van der Waals surface area contributed by atoms with Crippen LogP contribution in [0.15, 0.2) is 12.1 Å². The van der Waals surface area contributed by atoms with Crippen molar-refractivity contribution in [3.8, 4) is 11.5 Å². The smallest absolute Gasteiger partial charge is 0.231 e. The second-order valence-corrected chi connectivity index (χ2v) is 4.05. The molecule has 2 rings (SSSR count). The summed E-state index contributed by atoms with van der Waals surface area (Å²) in [6.45, 7) is 0.344. The molecule has 0 bridgehead atoms. The van der Waals surface area contributed by atoms with Gasteiger partial charge in [-0.1, -0.05) is 22.0 Å². The quantitative estimate of drug-likeness (QED) is 0.578. The zero-order valence-corrected chi connectivity index (χ0v) is 9.88. The molecule has 0 spiro atoms. The number of ether oxygens (including phenoxy) is 2. The zero-order valence-electron chi connectivity index (χ0n) is 6.14. The third-order valence-corrected chi connectivity index (χ3v) is 3.49. The second kappa shape index (κ2) is 3.41. The van der Waals surface area contributed by atoms with Crippen LogP contribution >= 0.6 is 38.5 Å². The molecular weight excluding hydrogens is 335 g/mol. The molecule has 1 aliphatic rings. The van der Waals surface area contributed by atoms with Gasteiger partial charge in [-0.25, -0.2) is 0 Å². The normalized spacial score (nSPS) is 13.5. The molecule has 0 aromatic heterocycles. The monoisotopic (exact) mass is 340 g/mol. The molecule has 12 heavy (non-hydrogen) atoms. The molecule has 1 aromatic rings. The fraction of sp³-hybridized carbons (Fsp3) is 0.250. The molecule has 0 aliphatic carbocycles. The van der Waals surface area contributed by atoms with Gasteiger partial charge in [0, 0.05) is 5.33 Å². The Kier molecular flexibility index (Phi) is 2.45. The number of rotatable bonds is 1. The summed E-state index contributed by atoms with van der Waals surface area (Å²) in [7, 11) is 0. The SMILES string of the molecule is BrCc1ccc2c(c1I)OCO2. The molecule has 0 fully saturated rings. The molecule has 0 N–H and O–H groups in total. The van der Waals surface area contributed by atoms with Crippen LogP contribution in [0, 0.1) is 3.57 Å². The first-order chi connectivity index (χ1) is 5.83. The third-order valence-electron chi connectivity index (χ3n) is 1.70. The largest absolute Gasteiger partial charge is 0.454 e. The van der Waals surface area contributed by atoms with Gasteiger partial charge in [0.05, 0.1) is 3.57 Å². The fourth-order valence-electron chi connectivity index (χ4n) is 1.08. The third kappa shape index (κ3) is 1.31. The average Bonchev–Trinajstić information content (AvgIpc) is 2.53. The van der Waals surface area contributed by atoms with Gasteiger partial charge in [-0.2, -0.15) is 0 Å². The van der Waals surface area contributed by atoms with Crippen molar-refractivity contribution in [3.63, 3.8) is 0 Å². The molecule has 1 aliphatic heterocycles. The first-order valence-electron chi connectivity index (χ1n) is 3.46. The number of alkyl halides is 1. The van der Waals surface area contributed by atoms with E-state index in [2.05, 4.69) is 38.5 Å². The second-order valence-electron chi connectivity index (χ2n) is 2.41. The van der Waals surface area contributed by atoms with E-state index in [-0.39, 0.29) is 0 Å². The topological polar surface area (TPSA) is 18.5 Å². The lowest BCUT2D eigenvalue weighted by atomic mass is 10.2. The molecule has 0 radical (unpaired) electrons. The minimum absolute atomic E-state index is 0.344. The van der Waals surface area contributed by atoms with E-state index in [0.717, 1.165) is 20.4 Å². The summed E-state index contributed by atoms with van der Waals surface area (Å²) in [5.74, 6) is 1.73. The molecule has 0 unspecified atom stereocenters. The lowest BCUT2D eigenvalue weighted by Crippen LogP contribution is -1.93. The van der Waals surface area contributed by atoms with Crippen molar-refractivity contribution >= 4 is 38.5 Å². The molecule has 64 valence electrons. The van der Waals surface area contributed by atoms with Gasteiger partial charge in [-0.05, 0) is 34.2 Å². The van der Waals surface area contributed by atoms with Gasteiger partial charge in [0.1, 0.15) is 0 Å². The van der Waals surface area contributed by atoms with E-state index in [9.17, 15) is 0 Å². The summed E-state index contributed by atoms with van der Waals surface area (Å²) in [5, 5.41) is 0.849. The fourth-order valence-corrected chi connectivity index (χ4v) is 2.87. The van der Waals surface area contributed by atoms with Crippen LogP contribution in [0.3, 0.4) is 0 Å². The minimum Gasteiger partial charge on any atom is -0.454 e. The Bertz CT molecular complexity index is 314. The summed E-state index contributed by atoms with van der Waals surface area (Å²) in [6.07, 6.45) is 0. The molecular formula is C8H6BrIO2. The molecule has 4 heteroatoms. The van der Waals surface area contributed by atoms with Crippen molar-refractivity contribution in [1.82, 2.24) is 0 Å². The molecule has 0 amide bonds. The summed E-state index contributed by atoms with van der Waals surface area (Å²) in [5.41, 5.74) is 1.24. The summed E-state index contributed by atoms with van der Waals surface area (Å²) in [6, 6.07) is 3.99.